The largest absolute Gasteiger partial charge is 0.484 e. The lowest BCUT2D eigenvalue weighted by Crippen LogP contribution is -2.44. The molecule has 0 radical (unpaired) electrons. The number of piperidine rings is 1. The second kappa shape index (κ2) is 15.3. The lowest BCUT2D eigenvalue weighted by atomic mass is 9.85. The molecule has 0 saturated carbocycles. The monoisotopic (exact) mass is 681 g/mol. The van der Waals surface area contributed by atoms with Gasteiger partial charge in [0.05, 0.1) is 30.7 Å². The summed E-state index contributed by atoms with van der Waals surface area (Å²) in [5.74, 6) is 2.01. The Morgan fingerprint density at radius 2 is 1.80 bits per heavy atom. The normalized spacial score (nSPS) is 21.0. The van der Waals surface area contributed by atoms with Crippen LogP contribution in [0.2, 0.25) is 0 Å². The molecule has 4 N–H and O–H groups in total. The summed E-state index contributed by atoms with van der Waals surface area (Å²) in [6.07, 6.45) is 12.0. The van der Waals surface area contributed by atoms with Crippen LogP contribution in [0.5, 0.6) is 5.75 Å². The molecule has 13 nitrogen and oxygen atoms in total. The average molecular weight is 682 g/mol. The minimum Gasteiger partial charge on any atom is -0.484 e. The van der Waals surface area contributed by atoms with Gasteiger partial charge < -0.3 is 30.6 Å². The number of nitrogens with zero attached hydrogens (tertiary/aromatic N) is 7. The molecule has 0 spiro atoms. The highest BCUT2D eigenvalue weighted by molar-refractivity contribution is 5.95. The Morgan fingerprint density at radius 1 is 1.04 bits per heavy atom. The fourth-order valence-corrected chi connectivity index (χ4v) is 6.86. The van der Waals surface area contributed by atoms with Gasteiger partial charge in [-0.15, -0.1) is 10.2 Å². The molecule has 1 aliphatic carbocycles. The zero-order valence-corrected chi connectivity index (χ0v) is 30.1. The van der Waals surface area contributed by atoms with Crippen molar-refractivity contribution in [2.45, 2.75) is 90.6 Å². The van der Waals surface area contributed by atoms with Crippen LogP contribution in [0.3, 0.4) is 0 Å². The van der Waals surface area contributed by atoms with E-state index in [0.29, 0.717) is 30.0 Å². The standard InChI is InChI=1S/C37H51N11O2/c1-24(2)31(38)20-34(40-27-21-39-46(22-27)19-18-45(5)6)42-36(49)41-32-15-16-33(30-13-8-7-12-29(30)32)50-28-14-17-35-43-44-37(47(35)23-28)48-25(3)10-9-11-26(48)4/h7-8,12-14,17,20-26,32-33,38,40H,9-11,15-16,18-19H2,1-6H3,(H2,41,42,49)/b34-20+,38-31?/t25?,26?,32?,33-/m1/s1. The Bertz CT molecular complexity index is 1820. The van der Waals surface area contributed by atoms with Gasteiger partial charge in [0, 0.05) is 30.5 Å². The molecule has 0 bridgehead atoms. The highest BCUT2D eigenvalue weighted by atomic mass is 16.5. The van der Waals surface area contributed by atoms with E-state index >= 15 is 0 Å². The van der Waals surface area contributed by atoms with Crippen molar-refractivity contribution in [3.8, 4) is 5.75 Å². The number of ether oxygens (including phenoxy) is 1. The van der Waals surface area contributed by atoms with Crippen LogP contribution in [0.1, 0.15) is 83.1 Å². The van der Waals surface area contributed by atoms with Gasteiger partial charge >= 0.3 is 6.03 Å². The molecule has 1 aliphatic heterocycles. The van der Waals surface area contributed by atoms with Crippen molar-refractivity contribution in [1.29, 1.82) is 5.41 Å². The number of allylic oxidation sites excluding steroid dienone is 1. The fraction of sp³-hybridized carbons (Fsp3) is 0.486. The van der Waals surface area contributed by atoms with Gasteiger partial charge in [-0.1, -0.05) is 38.1 Å². The van der Waals surface area contributed by atoms with Crippen LogP contribution in [-0.4, -0.2) is 73.7 Å². The van der Waals surface area contributed by atoms with E-state index in [1.54, 1.807) is 12.3 Å². The molecule has 50 heavy (non-hydrogen) atoms. The van der Waals surface area contributed by atoms with Crippen LogP contribution in [0.4, 0.5) is 16.4 Å². The van der Waals surface area contributed by atoms with Crippen molar-refractivity contribution >= 4 is 29.0 Å². The van der Waals surface area contributed by atoms with Crippen molar-refractivity contribution in [2.75, 3.05) is 30.9 Å². The summed E-state index contributed by atoms with van der Waals surface area (Å²) in [4.78, 5) is 18.0. The molecule has 266 valence electrons. The molecular weight excluding hydrogens is 630 g/mol. The third-order valence-corrected chi connectivity index (χ3v) is 9.66. The highest BCUT2D eigenvalue weighted by Crippen LogP contribution is 2.39. The number of amides is 2. The maximum atomic E-state index is 13.5. The van der Waals surface area contributed by atoms with Gasteiger partial charge in [-0.05, 0) is 95.3 Å². The molecule has 3 unspecified atom stereocenters. The maximum absolute atomic E-state index is 13.5. The Morgan fingerprint density at radius 3 is 2.54 bits per heavy atom. The predicted molar refractivity (Wildman–Crippen MR) is 197 cm³/mol. The van der Waals surface area contributed by atoms with Crippen molar-refractivity contribution in [3.63, 3.8) is 0 Å². The molecule has 1 saturated heterocycles. The number of likely N-dealkylation sites (N-methyl/N-ethyl adjacent to an activating group) is 1. The van der Waals surface area contributed by atoms with Crippen LogP contribution in [0.25, 0.3) is 5.65 Å². The van der Waals surface area contributed by atoms with Crippen LogP contribution in [0, 0.1) is 11.3 Å². The first kappa shape index (κ1) is 34.9. The van der Waals surface area contributed by atoms with Gasteiger partial charge in [0.25, 0.3) is 0 Å². The van der Waals surface area contributed by atoms with Crippen molar-refractivity contribution in [2.24, 2.45) is 5.92 Å². The smallest absolute Gasteiger partial charge is 0.320 e. The van der Waals surface area contributed by atoms with Gasteiger partial charge in [0.15, 0.2) is 5.65 Å². The Kier molecular flexibility index (Phi) is 10.7. The van der Waals surface area contributed by atoms with E-state index in [-0.39, 0.29) is 24.1 Å². The van der Waals surface area contributed by atoms with E-state index in [2.05, 4.69) is 67.0 Å². The Hall–Kier alpha value is -4.91. The molecule has 1 fully saturated rings. The quantitative estimate of drug-likeness (QED) is 0.131. The summed E-state index contributed by atoms with van der Waals surface area (Å²) >= 11 is 0. The molecule has 2 aliphatic rings. The maximum Gasteiger partial charge on any atom is 0.320 e. The first-order chi connectivity index (χ1) is 24.0. The number of carbonyl (C=O) groups excluding carboxylic acids is 1. The number of rotatable bonds is 12. The number of pyridine rings is 1. The van der Waals surface area contributed by atoms with Crippen molar-refractivity contribution in [1.82, 2.24) is 39.9 Å². The number of hydrogen-bond donors (Lipinski definition) is 4. The summed E-state index contributed by atoms with van der Waals surface area (Å²) in [7, 11) is 4.04. The average Bonchev–Trinajstić information content (AvgIpc) is 3.71. The molecule has 2 amide bonds. The molecule has 3 aromatic heterocycles. The van der Waals surface area contributed by atoms with Crippen LogP contribution < -0.4 is 25.6 Å². The van der Waals surface area contributed by atoms with Crippen LogP contribution in [0.15, 0.2) is 66.9 Å². The summed E-state index contributed by atoms with van der Waals surface area (Å²) < 4.78 is 10.6. The lowest BCUT2D eigenvalue weighted by Gasteiger charge is -2.39. The fourth-order valence-electron chi connectivity index (χ4n) is 6.86. The first-order valence-corrected chi connectivity index (χ1v) is 17.8. The summed E-state index contributed by atoms with van der Waals surface area (Å²) in [5, 5.41) is 31.3. The second-order valence-corrected chi connectivity index (χ2v) is 14.2. The van der Waals surface area contributed by atoms with Gasteiger partial charge in [0.1, 0.15) is 17.7 Å². The molecular formula is C37H51N11O2. The summed E-state index contributed by atoms with van der Waals surface area (Å²) in [5.41, 5.74) is 3.99. The number of aromatic nitrogens is 5. The Balaban J connectivity index is 1.15. The minimum atomic E-state index is -0.355. The summed E-state index contributed by atoms with van der Waals surface area (Å²) in [6.45, 7) is 10.0. The molecule has 13 heteroatoms. The number of hydrogen-bond acceptors (Lipinski definition) is 9. The third-order valence-electron chi connectivity index (χ3n) is 9.66. The second-order valence-electron chi connectivity index (χ2n) is 14.2. The summed E-state index contributed by atoms with van der Waals surface area (Å²) in [6, 6.07) is 12.3. The first-order valence-electron chi connectivity index (χ1n) is 17.8. The minimum absolute atomic E-state index is 0.00383. The van der Waals surface area contributed by atoms with E-state index in [1.807, 2.05) is 73.7 Å². The van der Waals surface area contributed by atoms with E-state index in [1.165, 1.54) is 6.42 Å². The van der Waals surface area contributed by atoms with E-state index in [9.17, 15) is 4.79 Å². The topological polar surface area (TPSA) is 141 Å². The van der Waals surface area contributed by atoms with Crippen molar-refractivity contribution < 1.29 is 9.53 Å². The van der Waals surface area contributed by atoms with Gasteiger partial charge in [-0.2, -0.15) is 5.10 Å². The number of carbonyl (C=O) groups is 1. The SMILES string of the molecule is CC(C)C(=N)/C=C(/NC(=O)NC1CC[C@@H](Oc2ccc3nnc(N4C(C)CCCC4C)n3c2)c2ccccc21)Nc1cnn(CCN(C)C)c1. The number of anilines is 2. The zero-order chi connectivity index (χ0) is 35.4. The Labute approximate surface area is 294 Å². The number of nitrogens with one attached hydrogen (secondary N) is 4. The van der Waals surface area contributed by atoms with E-state index in [4.69, 9.17) is 10.1 Å². The molecule has 1 aromatic carbocycles. The van der Waals surface area contributed by atoms with Gasteiger partial charge in [0.2, 0.25) is 5.95 Å². The van der Waals surface area contributed by atoms with E-state index in [0.717, 1.165) is 66.5 Å². The number of urea groups is 1. The number of fused-ring (bicyclic) bond motifs is 2. The zero-order valence-electron chi connectivity index (χ0n) is 30.1. The van der Waals surface area contributed by atoms with Crippen LogP contribution in [-0.2, 0) is 6.54 Å². The molecule has 4 aromatic rings. The molecule has 4 heterocycles. The predicted octanol–water partition coefficient (Wildman–Crippen LogP) is 6.14. The third kappa shape index (κ3) is 8.10. The molecule has 4 atom stereocenters. The van der Waals surface area contributed by atoms with Crippen LogP contribution >= 0.6 is 0 Å². The number of benzene rings is 1. The molecule has 6 rings (SSSR count). The van der Waals surface area contributed by atoms with E-state index < -0.39 is 0 Å². The van der Waals surface area contributed by atoms with Gasteiger partial charge in [-0.25, -0.2) is 4.79 Å². The van der Waals surface area contributed by atoms with Crippen molar-refractivity contribution in [3.05, 3.63) is 78.0 Å². The van der Waals surface area contributed by atoms with Gasteiger partial charge in [-0.3, -0.25) is 14.4 Å². The highest BCUT2D eigenvalue weighted by Gasteiger charge is 2.31. The lowest BCUT2D eigenvalue weighted by molar-refractivity contribution is 0.171.